The summed E-state index contributed by atoms with van der Waals surface area (Å²) >= 11 is 0. The van der Waals surface area contributed by atoms with Crippen LogP contribution in [0, 0.1) is 0 Å². The van der Waals surface area contributed by atoms with E-state index < -0.39 is 0 Å². The van der Waals surface area contributed by atoms with Gasteiger partial charge in [-0.05, 0) is 50.7 Å². The van der Waals surface area contributed by atoms with Crippen molar-refractivity contribution in [2.24, 2.45) is 0 Å². The molecule has 1 nitrogen and oxygen atoms in total. The first-order chi connectivity index (χ1) is 10.4. The molecule has 101 valence electrons. The molecule has 21 heavy (non-hydrogen) atoms. The first kappa shape index (κ1) is 12.3. The predicted molar refractivity (Wildman–Crippen MR) is 88.8 cm³/mol. The van der Waals surface area contributed by atoms with Crippen LogP contribution in [0.5, 0.6) is 0 Å². The van der Waals surface area contributed by atoms with Gasteiger partial charge in [-0.1, -0.05) is 54.6 Å². The fourth-order valence-corrected chi connectivity index (χ4v) is 3.40. The molecule has 0 amide bonds. The van der Waals surface area contributed by atoms with Crippen molar-refractivity contribution in [3.05, 3.63) is 60.2 Å². The lowest BCUT2D eigenvalue weighted by Crippen LogP contribution is -1.92. The van der Waals surface area contributed by atoms with Crippen LogP contribution in [0.3, 0.4) is 0 Å². The second kappa shape index (κ2) is 4.85. The Labute approximate surface area is 123 Å². The van der Waals surface area contributed by atoms with Crippen LogP contribution in [0.1, 0.15) is 18.4 Å². The average molecular weight is 271 g/mol. The smallest absolute Gasteiger partial charge is 0.198 e. The molecule has 4 aromatic carbocycles. The van der Waals surface area contributed by atoms with Gasteiger partial charge in [-0.25, -0.2) is 0 Å². The van der Waals surface area contributed by atoms with Gasteiger partial charge < -0.3 is 0 Å². The SMILES string of the molecule is O=[C]CCCc1cc2cccc3ccc4cccc1c4c32. The summed E-state index contributed by atoms with van der Waals surface area (Å²) in [6.45, 7) is 0. The molecular formula is C20H15O. The Bertz CT molecular complexity index is 936. The summed E-state index contributed by atoms with van der Waals surface area (Å²) in [6.07, 6.45) is 4.30. The Morgan fingerprint density at radius 2 is 1.52 bits per heavy atom. The molecule has 1 heteroatoms. The van der Waals surface area contributed by atoms with Gasteiger partial charge in [0.15, 0.2) is 6.29 Å². The number of carbonyl (C=O) groups excluding carboxylic acids is 1. The first-order valence-corrected chi connectivity index (χ1v) is 7.39. The Balaban J connectivity index is 2.07. The minimum Gasteiger partial charge on any atom is -0.291 e. The normalized spacial score (nSPS) is 11.6. The van der Waals surface area contributed by atoms with Crippen molar-refractivity contribution < 1.29 is 4.79 Å². The van der Waals surface area contributed by atoms with Gasteiger partial charge in [0.05, 0.1) is 0 Å². The number of aryl methyl sites for hydroxylation is 1. The van der Waals surface area contributed by atoms with E-state index in [-0.39, 0.29) is 0 Å². The van der Waals surface area contributed by atoms with Crippen molar-refractivity contribution in [2.75, 3.05) is 0 Å². The second-order valence-corrected chi connectivity index (χ2v) is 5.58. The molecule has 0 N–H and O–H groups in total. The molecular weight excluding hydrogens is 256 g/mol. The van der Waals surface area contributed by atoms with Crippen LogP contribution in [0.15, 0.2) is 54.6 Å². The Morgan fingerprint density at radius 3 is 2.33 bits per heavy atom. The molecule has 0 aromatic heterocycles. The van der Waals surface area contributed by atoms with E-state index in [1.165, 1.54) is 37.9 Å². The van der Waals surface area contributed by atoms with Crippen LogP contribution in [0.4, 0.5) is 0 Å². The van der Waals surface area contributed by atoms with Crippen molar-refractivity contribution in [3.8, 4) is 0 Å². The van der Waals surface area contributed by atoms with E-state index in [1.807, 2.05) is 6.29 Å². The van der Waals surface area contributed by atoms with Crippen LogP contribution in [-0.4, -0.2) is 6.29 Å². The standard InChI is InChI=1S/C20H15O/c21-12-2-1-5-16-13-17-8-3-6-14-10-11-15-7-4-9-18(16)20(15)19(14)17/h3-4,6-11,13H,1-2,5H2. The summed E-state index contributed by atoms with van der Waals surface area (Å²) in [5.74, 6) is 0. The van der Waals surface area contributed by atoms with Crippen molar-refractivity contribution in [1.29, 1.82) is 0 Å². The highest BCUT2D eigenvalue weighted by molar-refractivity contribution is 6.23. The van der Waals surface area contributed by atoms with E-state index in [0.717, 1.165) is 12.8 Å². The van der Waals surface area contributed by atoms with Gasteiger partial charge >= 0.3 is 0 Å². The van der Waals surface area contributed by atoms with Gasteiger partial charge in [0.25, 0.3) is 0 Å². The average Bonchev–Trinajstić information content (AvgIpc) is 2.53. The van der Waals surface area contributed by atoms with Gasteiger partial charge in [0.2, 0.25) is 0 Å². The number of unbranched alkanes of at least 4 members (excludes halogenated alkanes) is 1. The third-order valence-corrected chi connectivity index (χ3v) is 4.32. The maximum Gasteiger partial charge on any atom is 0.198 e. The molecule has 0 aliphatic carbocycles. The highest BCUT2D eigenvalue weighted by atomic mass is 16.1. The first-order valence-electron chi connectivity index (χ1n) is 7.39. The summed E-state index contributed by atoms with van der Waals surface area (Å²) < 4.78 is 0. The van der Waals surface area contributed by atoms with Crippen LogP contribution < -0.4 is 0 Å². The van der Waals surface area contributed by atoms with E-state index in [0.29, 0.717) is 6.42 Å². The van der Waals surface area contributed by atoms with Gasteiger partial charge in [-0.15, -0.1) is 0 Å². The fraction of sp³-hybridized carbons (Fsp3) is 0.150. The maximum atomic E-state index is 10.4. The lowest BCUT2D eigenvalue weighted by Gasteiger charge is -2.14. The number of hydrogen-bond donors (Lipinski definition) is 0. The summed E-state index contributed by atoms with van der Waals surface area (Å²) in [6, 6.07) is 19.7. The molecule has 0 aliphatic rings. The minimum absolute atomic E-state index is 0.513. The molecule has 0 saturated carbocycles. The molecule has 0 saturated heterocycles. The van der Waals surface area contributed by atoms with Crippen LogP contribution >= 0.6 is 0 Å². The topological polar surface area (TPSA) is 17.1 Å². The zero-order valence-corrected chi connectivity index (χ0v) is 11.7. The number of hydrogen-bond acceptors (Lipinski definition) is 1. The molecule has 0 atom stereocenters. The van der Waals surface area contributed by atoms with Gasteiger partial charge in [0, 0.05) is 6.42 Å². The second-order valence-electron chi connectivity index (χ2n) is 5.58. The molecule has 0 bridgehead atoms. The van der Waals surface area contributed by atoms with E-state index in [2.05, 4.69) is 54.6 Å². The highest BCUT2D eigenvalue weighted by Crippen LogP contribution is 2.36. The molecule has 0 heterocycles. The van der Waals surface area contributed by atoms with Gasteiger partial charge in [0.1, 0.15) is 0 Å². The molecule has 0 unspecified atom stereocenters. The largest absolute Gasteiger partial charge is 0.291 e. The molecule has 4 aromatic rings. The molecule has 0 fully saturated rings. The highest BCUT2D eigenvalue weighted by Gasteiger charge is 2.11. The molecule has 0 spiro atoms. The fourth-order valence-electron chi connectivity index (χ4n) is 3.40. The molecule has 1 radical (unpaired) electrons. The molecule has 0 aliphatic heterocycles. The Hall–Kier alpha value is -2.41. The maximum absolute atomic E-state index is 10.4. The van der Waals surface area contributed by atoms with E-state index in [4.69, 9.17) is 0 Å². The van der Waals surface area contributed by atoms with Crippen LogP contribution in [-0.2, 0) is 11.2 Å². The van der Waals surface area contributed by atoms with E-state index in [1.54, 1.807) is 0 Å². The third kappa shape index (κ3) is 1.89. The van der Waals surface area contributed by atoms with Crippen molar-refractivity contribution in [3.63, 3.8) is 0 Å². The third-order valence-electron chi connectivity index (χ3n) is 4.32. The van der Waals surface area contributed by atoms with Gasteiger partial charge in [-0.3, -0.25) is 4.79 Å². The predicted octanol–water partition coefficient (Wildman–Crippen LogP) is 5.02. The van der Waals surface area contributed by atoms with Crippen molar-refractivity contribution in [1.82, 2.24) is 0 Å². The van der Waals surface area contributed by atoms with Crippen LogP contribution in [0.25, 0.3) is 32.3 Å². The lowest BCUT2D eigenvalue weighted by molar-refractivity contribution is 0.549. The lowest BCUT2D eigenvalue weighted by atomic mass is 9.90. The molecule has 4 rings (SSSR count). The quantitative estimate of drug-likeness (QED) is 0.376. The van der Waals surface area contributed by atoms with E-state index >= 15 is 0 Å². The number of benzene rings is 4. The van der Waals surface area contributed by atoms with Crippen molar-refractivity contribution >= 4 is 38.6 Å². The summed E-state index contributed by atoms with van der Waals surface area (Å²) in [4.78, 5) is 10.4. The van der Waals surface area contributed by atoms with Crippen molar-refractivity contribution in [2.45, 2.75) is 19.3 Å². The monoisotopic (exact) mass is 271 g/mol. The van der Waals surface area contributed by atoms with Gasteiger partial charge in [-0.2, -0.15) is 0 Å². The minimum atomic E-state index is 0.513. The Kier molecular flexibility index (Phi) is 2.85. The zero-order valence-electron chi connectivity index (χ0n) is 11.7. The number of rotatable bonds is 4. The summed E-state index contributed by atoms with van der Waals surface area (Å²) in [5.41, 5.74) is 1.34. The van der Waals surface area contributed by atoms with E-state index in [9.17, 15) is 4.79 Å². The summed E-state index contributed by atoms with van der Waals surface area (Å²) in [7, 11) is 0. The Morgan fingerprint density at radius 1 is 0.810 bits per heavy atom. The summed E-state index contributed by atoms with van der Waals surface area (Å²) in [5, 5.41) is 7.92. The van der Waals surface area contributed by atoms with Crippen LogP contribution in [0.2, 0.25) is 0 Å². The zero-order chi connectivity index (χ0) is 14.2.